The molecular formula is C15H24N2O8. The summed E-state index contributed by atoms with van der Waals surface area (Å²) in [5.74, 6) is 1.22. The van der Waals surface area contributed by atoms with Crippen LogP contribution in [0.15, 0.2) is 0 Å². The van der Waals surface area contributed by atoms with E-state index in [4.69, 9.17) is 4.74 Å². The molecule has 4 atom stereocenters. The van der Waals surface area contributed by atoms with E-state index in [1.165, 1.54) is 19.3 Å². The van der Waals surface area contributed by atoms with E-state index in [9.17, 15) is 25.0 Å². The number of unbranched alkanes of at least 4 members (excludes halogenated alkanes) is 1. The fourth-order valence-electron chi connectivity index (χ4n) is 3.95. The molecule has 0 aromatic carbocycles. The van der Waals surface area contributed by atoms with Gasteiger partial charge in [-0.3, -0.25) is 4.79 Å². The molecule has 0 spiro atoms. The Morgan fingerprint density at radius 1 is 1.08 bits per heavy atom. The Morgan fingerprint density at radius 2 is 1.76 bits per heavy atom. The molecule has 2 fully saturated rings. The van der Waals surface area contributed by atoms with Crippen LogP contribution in [0.1, 0.15) is 51.4 Å². The zero-order chi connectivity index (χ0) is 18.2. The van der Waals surface area contributed by atoms with Gasteiger partial charge in [0.15, 0.2) is 0 Å². The van der Waals surface area contributed by atoms with Gasteiger partial charge in [0.05, 0.1) is 12.5 Å². The maximum atomic E-state index is 12.1. The molecule has 0 heterocycles. The van der Waals surface area contributed by atoms with Crippen LogP contribution in [0.4, 0.5) is 0 Å². The van der Waals surface area contributed by atoms with Crippen molar-refractivity contribution >= 4 is 5.97 Å². The maximum Gasteiger partial charge on any atom is 0.308 e. The van der Waals surface area contributed by atoms with Gasteiger partial charge in [-0.25, -0.2) is 0 Å². The van der Waals surface area contributed by atoms with Crippen LogP contribution < -0.4 is 0 Å². The molecule has 2 rings (SSSR count). The van der Waals surface area contributed by atoms with Crippen molar-refractivity contribution in [1.82, 2.24) is 0 Å². The Balaban J connectivity index is 1.58. The van der Waals surface area contributed by atoms with Crippen molar-refractivity contribution in [2.45, 2.75) is 57.5 Å². The van der Waals surface area contributed by atoms with Crippen molar-refractivity contribution in [3.8, 4) is 0 Å². The monoisotopic (exact) mass is 360 g/mol. The average molecular weight is 360 g/mol. The minimum absolute atomic E-state index is 0.00866. The first-order chi connectivity index (χ1) is 12.0. The molecule has 0 amide bonds. The van der Waals surface area contributed by atoms with Gasteiger partial charge >= 0.3 is 5.97 Å². The summed E-state index contributed by atoms with van der Waals surface area (Å²) in [7, 11) is 0. The number of hydrogen-bond acceptors (Lipinski definition) is 8. The van der Waals surface area contributed by atoms with Crippen molar-refractivity contribution in [2.75, 3.05) is 13.2 Å². The fourth-order valence-corrected chi connectivity index (χ4v) is 3.95. The van der Waals surface area contributed by atoms with Gasteiger partial charge in [-0.1, -0.05) is 19.3 Å². The average Bonchev–Trinajstić information content (AvgIpc) is 3.12. The maximum absolute atomic E-state index is 12.1. The van der Waals surface area contributed by atoms with Crippen LogP contribution in [-0.2, 0) is 19.2 Å². The van der Waals surface area contributed by atoms with Gasteiger partial charge in [0.2, 0.25) is 0 Å². The van der Waals surface area contributed by atoms with Gasteiger partial charge in [-0.05, 0) is 43.9 Å². The van der Waals surface area contributed by atoms with E-state index in [-0.39, 0.29) is 24.9 Å². The van der Waals surface area contributed by atoms with E-state index >= 15 is 0 Å². The molecule has 2 aliphatic rings. The summed E-state index contributed by atoms with van der Waals surface area (Å²) in [6.07, 6.45) is 5.76. The Labute approximate surface area is 145 Å². The van der Waals surface area contributed by atoms with Crippen LogP contribution >= 0.6 is 0 Å². The number of hydrogen-bond donors (Lipinski definition) is 0. The Bertz CT molecular complexity index is 474. The zero-order valence-electron chi connectivity index (χ0n) is 14.0. The number of rotatable bonds is 11. The second kappa shape index (κ2) is 9.38. The third kappa shape index (κ3) is 6.35. The summed E-state index contributed by atoms with van der Waals surface area (Å²) >= 11 is 0. The second-order valence-electron chi connectivity index (χ2n) is 6.75. The second-order valence-corrected chi connectivity index (χ2v) is 6.75. The normalized spacial score (nSPS) is 25.8. The van der Waals surface area contributed by atoms with Crippen LogP contribution in [0, 0.1) is 38.0 Å². The number of carbonyl (C=O) groups is 1. The molecule has 2 saturated carbocycles. The molecule has 0 N–H and O–H groups in total. The number of carbonyl (C=O) groups excluding carboxylic acids is 1. The molecule has 25 heavy (non-hydrogen) atoms. The van der Waals surface area contributed by atoms with E-state index < -0.39 is 22.9 Å². The lowest BCUT2D eigenvalue weighted by molar-refractivity contribution is -0.790. The quantitative estimate of drug-likeness (QED) is 0.237. The van der Waals surface area contributed by atoms with E-state index in [0.717, 1.165) is 12.8 Å². The van der Waals surface area contributed by atoms with Crippen LogP contribution in [0.25, 0.3) is 0 Å². The highest BCUT2D eigenvalue weighted by molar-refractivity contribution is 5.72. The SMILES string of the molecule is O=C(OCCCCC(CO[N+](=O)[O-])O[N+](=O)[O-])C1C[C@H]2CCC[C@H]2C1. The van der Waals surface area contributed by atoms with Gasteiger partial charge in [0.25, 0.3) is 10.2 Å². The predicted molar refractivity (Wildman–Crippen MR) is 83.2 cm³/mol. The largest absolute Gasteiger partial charge is 0.465 e. The molecule has 142 valence electrons. The molecule has 0 aliphatic heterocycles. The van der Waals surface area contributed by atoms with Gasteiger partial charge in [-0.2, -0.15) is 0 Å². The van der Waals surface area contributed by atoms with Crippen molar-refractivity contribution < 1.29 is 29.4 Å². The van der Waals surface area contributed by atoms with Gasteiger partial charge in [-0.15, -0.1) is 20.2 Å². The van der Waals surface area contributed by atoms with E-state index in [1.54, 1.807) is 0 Å². The highest BCUT2D eigenvalue weighted by Crippen LogP contribution is 2.47. The topological polar surface area (TPSA) is 131 Å². The van der Waals surface area contributed by atoms with E-state index in [0.29, 0.717) is 24.7 Å². The van der Waals surface area contributed by atoms with Crippen molar-refractivity contribution in [3.05, 3.63) is 20.2 Å². The minimum atomic E-state index is -1.02. The number of nitrogens with zero attached hydrogens (tertiary/aromatic N) is 2. The van der Waals surface area contributed by atoms with Gasteiger partial charge in [0.1, 0.15) is 12.7 Å². The third-order valence-corrected chi connectivity index (χ3v) is 5.09. The summed E-state index contributed by atoms with van der Waals surface area (Å²) in [5.41, 5.74) is 0. The summed E-state index contributed by atoms with van der Waals surface area (Å²) in [4.78, 5) is 41.0. The molecule has 0 radical (unpaired) electrons. The summed E-state index contributed by atoms with van der Waals surface area (Å²) in [6.45, 7) is -0.259. The number of esters is 1. The fraction of sp³-hybridized carbons (Fsp3) is 0.933. The molecule has 10 nitrogen and oxygen atoms in total. The summed E-state index contributed by atoms with van der Waals surface area (Å²) in [5, 5.41) is 18.5. The zero-order valence-corrected chi connectivity index (χ0v) is 14.0. The Morgan fingerprint density at radius 3 is 2.36 bits per heavy atom. The first-order valence-corrected chi connectivity index (χ1v) is 8.70. The minimum Gasteiger partial charge on any atom is -0.465 e. The lowest BCUT2D eigenvalue weighted by Crippen LogP contribution is -2.24. The standard InChI is InChI=1S/C15H24N2O8/c18-15(13-8-11-4-3-5-12(11)9-13)23-7-2-1-6-14(25-17(21)22)10-24-16(19)20/h11-14H,1-10H2/t11-,12+,13?,14?. The van der Waals surface area contributed by atoms with E-state index in [2.05, 4.69) is 9.68 Å². The van der Waals surface area contributed by atoms with Crippen molar-refractivity contribution in [2.24, 2.45) is 17.8 Å². The molecular weight excluding hydrogens is 336 g/mol. The Kier molecular flexibility index (Phi) is 7.20. The molecule has 2 unspecified atom stereocenters. The predicted octanol–water partition coefficient (Wildman–Crippen LogP) is 2.31. The van der Waals surface area contributed by atoms with E-state index in [1.807, 2.05) is 0 Å². The first-order valence-electron chi connectivity index (χ1n) is 8.70. The molecule has 0 aromatic rings. The third-order valence-electron chi connectivity index (χ3n) is 5.09. The molecule has 0 bridgehead atoms. The molecule has 10 heteroatoms. The lowest BCUT2D eigenvalue weighted by atomic mass is 10.0. The summed E-state index contributed by atoms with van der Waals surface area (Å²) in [6, 6.07) is 0. The van der Waals surface area contributed by atoms with Gasteiger partial charge in [0, 0.05) is 0 Å². The molecule has 2 aliphatic carbocycles. The highest BCUT2D eigenvalue weighted by Gasteiger charge is 2.40. The van der Waals surface area contributed by atoms with Gasteiger partial charge < -0.3 is 14.4 Å². The summed E-state index contributed by atoms with van der Waals surface area (Å²) < 4.78 is 5.30. The number of ether oxygens (including phenoxy) is 1. The Hall–Kier alpha value is -2.13. The number of fused-ring (bicyclic) bond motifs is 1. The van der Waals surface area contributed by atoms with Crippen LogP contribution in [-0.4, -0.2) is 35.5 Å². The van der Waals surface area contributed by atoms with Crippen LogP contribution in [0.5, 0.6) is 0 Å². The van der Waals surface area contributed by atoms with Crippen LogP contribution in [0.2, 0.25) is 0 Å². The highest BCUT2D eigenvalue weighted by atomic mass is 17.0. The van der Waals surface area contributed by atoms with Crippen LogP contribution in [0.3, 0.4) is 0 Å². The smallest absolute Gasteiger partial charge is 0.308 e. The molecule has 0 saturated heterocycles. The van der Waals surface area contributed by atoms with Crippen molar-refractivity contribution in [1.29, 1.82) is 0 Å². The van der Waals surface area contributed by atoms with Crippen molar-refractivity contribution in [3.63, 3.8) is 0 Å². The lowest BCUT2D eigenvalue weighted by Gasteiger charge is -2.14. The first kappa shape index (κ1) is 19.2. The molecule has 0 aromatic heterocycles.